The van der Waals surface area contributed by atoms with Crippen molar-refractivity contribution in [3.63, 3.8) is 0 Å². The number of nitrogens with one attached hydrogen (secondary N) is 3. The SMILES string of the molecule is CCNC(=NCc1ccc(C(=O)NCC(N)=O)cc1)NCCCC1CCCC1.I. The molecule has 0 radical (unpaired) electrons. The molecule has 7 nitrogen and oxygen atoms in total. The van der Waals surface area contributed by atoms with Crippen LogP contribution in [-0.2, 0) is 11.3 Å². The summed E-state index contributed by atoms with van der Waals surface area (Å²) < 4.78 is 0. The quantitative estimate of drug-likeness (QED) is 0.166. The van der Waals surface area contributed by atoms with Gasteiger partial charge in [-0.1, -0.05) is 37.8 Å². The first-order chi connectivity index (χ1) is 13.6. The van der Waals surface area contributed by atoms with Crippen LogP contribution in [0.5, 0.6) is 0 Å². The number of nitrogens with two attached hydrogens (primary N) is 1. The first kappa shape index (κ1) is 25.2. The standard InChI is InChI=1S/C21H33N5O2.HI/c1-2-23-21(24-13-5-8-16-6-3-4-7-16)26-14-17-9-11-18(12-10-17)20(28)25-15-19(22)27;/h9-12,16H,2-8,13-15H2,1H3,(H2,22,27)(H,25,28)(H2,23,24,26);1H. The van der Waals surface area contributed by atoms with Crippen molar-refractivity contribution >= 4 is 41.8 Å². The molecule has 8 heteroatoms. The number of halogens is 1. The summed E-state index contributed by atoms with van der Waals surface area (Å²) in [5.41, 5.74) is 6.53. The fourth-order valence-electron chi connectivity index (χ4n) is 3.44. The second-order valence-electron chi connectivity index (χ2n) is 7.26. The van der Waals surface area contributed by atoms with Crippen LogP contribution >= 0.6 is 24.0 Å². The van der Waals surface area contributed by atoms with E-state index < -0.39 is 5.91 Å². The van der Waals surface area contributed by atoms with Gasteiger partial charge in [0.25, 0.3) is 5.91 Å². The molecule has 1 fully saturated rings. The molecule has 0 aliphatic heterocycles. The Morgan fingerprint density at radius 2 is 1.79 bits per heavy atom. The fraction of sp³-hybridized carbons (Fsp3) is 0.571. The van der Waals surface area contributed by atoms with Crippen molar-refractivity contribution in [2.24, 2.45) is 16.6 Å². The number of guanidine groups is 1. The first-order valence-electron chi connectivity index (χ1n) is 10.3. The second kappa shape index (κ2) is 14.2. The maximum Gasteiger partial charge on any atom is 0.251 e. The van der Waals surface area contributed by atoms with Crippen LogP contribution in [0.4, 0.5) is 0 Å². The highest BCUT2D eigenvalue weighted by Gasteiger charge is 2.14. The number of amides is 2. The van der Waals surface area contributed by atoms with Gasteiger partial charge in [-0.3, -0.25) is 9.59 Å². The molecule has 0 atom stereocenters. The molecular formula is C21H34IN5O2. The Hall–Kier alpha value is -1.84. The number of carbonyl (C=O) groups excluding carboxylic acids is 2. The molecule has 2 rings (SSSR count). The summed E-state index contributed by atoms with van der Waals surface area (Å²) in [5.74, 6) is 0.856. The van der Waals surface area contributed by atoms with Gasteiger partial charge in [0.05, 0.1) is 13.1 Å². The minimum atomic E-state index is -0.564. The maximum absolute atomic E-state index is 11.9. The Labute approximate surface area is 190 Å². The monoisotopic (exact) mass is 515 g/mol. The Morgan fingerprint density at radius 3 is 2.41 bits per heavy atom. The summed E-state index contributed by atoms with van der Waals surface area (Å²) in [6.45, 7) is 4.16. The molecule has 1 aromatic carbocycles. The van der Waals surface area contributed by atoms with E-state index in [1.54, 1.807) is 12.1 Å². The fourth-order valence-corrected chi connectivity index (χ4v) is 3.44. The molecule has 0 heterocycles. The van der Waals surface area contributed by atoms with Crippen molar-refractivity contribution in [1.29, 1.82) is 0 Å². The number of hydrogen-bond acceptors (Lipinski definition) is 3. The van der Waals surface area contributed by atoms with Crippen molar-refractivity contribution in [2.75, 3.05) is 19.6 Å². The summed E-state index contributed by atoms with van der Waals surface area (Å²) in [4.78, 5) is 27.2. The average molecular weight is 515 g/mol. The van der Waals surface area contributed by atoms with Gasteiger partial charge in [-0.2, -0.15) is 0 Å². The van der Waals surface area contributed by atoms with Gasteiger partial charge in [0.2, 0.25) is 5.91 Å². The highest BCUT2D eigenvalue weighted by Crippen LogP contribution is 2.28. The molecule has 0 saturated heterocycles. The minimum absolute atomic E-state index is 0. The average Bonchev–Trinajstić information content (AvgIpc) is 3.21. The summed E-state index contributed by atoms with van der Waals surface area (Å²) in [5, 5.41) is 9.14. The molecule has 0 aromatic heterocycles. The Bertz CT molecular complexity index is 658. The van der Waals surface area contributed by atoms with Crippen molar-refractivity contribution in [2.45, 2.75) is 52.0 Å². The zero-order chi connectivity index (χ0) is 20.2. The van der Waals surface area contributed by atoms with Crippen LogP contribution in [0.15, 0.2) is 29.3 Å². The van der Waals surface area contributed by atoms with Gasteiger partial charge in [0.1, 0.15) is 0 Å². The lowest BCUT2D eigenvalue weighted by molar-refractivity contribution is -0.117. The van der Waals surface area contributed by atoms with E-state index in [2.05, 4.69) is 27.9 Å². The molecule has 2 amide bonds. The number of rotatable bonds is 10. The van der Waals surface area contributed by atoms with Crippen molar-refractivity contribution in [3.05, 3.63) is 35.4 Å². The molecule has 1 aliphatic rings. The first-order valence-corrected chi connectivity index (χ1v) is 10.3. The molecular weight excluding hydrogens is 481 g/mol. The van der Waals surface area contributed by atoms with Crippen LogP contribution in [0.3, 0.4) is 0 Å². The highest BCUT2D eigenvalue weighted by atomic mass is 127. The van der Waals surface area contributed by atoms with Gasteiger partial charge in [0.15, 0.2) is 5.96 Å². The Balaban J connectivity index is 0.00000420. The van der Waals surface area contributed by atoms with E-state index in [-0.39, 0.29) is 36.4 Å². The third kappa shape index (κ3) is 9.96. The second-order valence-corrected chi connectivity index (χ2v) is 7.26. The zero-order valence-corrected chi connectivity index (χ0v) is 19.5. The third-order valence-corrected chi connectivity index (χ3v) is 4.96. The van der Waals surface area contributed by atoms with E-state index in [0.717, 1.165) is 30.5 Å². The van der Waals surface area contributed by atoms with Crippen LogP contribution in [0.1, 0.15) is 61.4 Å². The normalized spacial score (nSPS) is 14.2. The molecule has 1 aromatic rings. The highest BCUT2D eigenvalue weighted by molar-refractivity contribution is 14.0. The van der Waals surface area contributed by atoms with Gasteiger partial charge < -0.3 is 21.7 Å². The van der Waals surface area contributed by atoms with Crippen LogP contribution in [0.2, 0.25) is 0 Å². The van der Waals surface area contributed by atoms with E-state index in [1.807, 2.05) is 12.1 Å². The number of aliphatic imine (C=N–C) groups is 1. The summed E-state index contributed by atoms with van der Waals surface area (Å²) in [6.07, 6.45) is 8.05. The zero-order valence-electron chi connectivity index (χ0n) is 17.2. The smallest absolute Gasteiger partial charge is 0.251 e. The van der Waals surface area contributed by atoms with Crippen molar-refractivity contribution in [3.8, 4) is 0 Å². The summed E-state index contributed by atoms with van der Waals surface area (Å²) >= 11 is 0. The third-order valence-electron chi connectivity index (χ3n) is 4.96. The van der Waals surface area contributed by atoms with E-state index in [0.29, 0.717) is 12.1 Å². The number of hydrogen-bond donors (Lipinski definition) is 4. The predicted molar refractivity (Wildman–Crippen MR) is 127 cm³/mol. The van der Waals surface area contributed by atoms with Gasteiger partial charge in [-0.05, 0) is 43.4 Å². The summed E-state index contributed by atoms with van der Waals surface area (Å²) in [6, 6.07) is 7.19. The molecule has 162 valence electrons. The number of nitrogens with zero attached hydrogens (tertiary/aromatic N) is 1. The largest absolute Gasteiger partial charge is 0.368 e. The van der Waals surface area contributed by atoms with Gasteiger partial charge >= 0.3 is 0 Å². The number of primary amides is 1. The molecule has 1 aliphatic carbocycles. The predicted octanol–water partition coefficient (Wildman–Crippen LogP) is 2.55. The Morgan fingerprint density at radius 1 is 1.10 bits per heavy atom. The molecule has 1 saturated carbocycles. The Kier molecular flexibility index (Phi) is 12.3. The molecule has 0 unspecified atom stereocenters. The number of benzene rings is 1. The number of carbonyl (C=O) groups is 2. The summed E-state index contributed by atoms with van der Waals surface area (Å²) in [7, 11) is 0. The topological polar surface area (TPSA) is 109 Å². The van der Waals surface area contributed by atoms with E-state index in [1.165, 1.54) is 38.5 Å². The van der Waals surface area contributed by atoms with Crippen LogP contribution < -0.4 is 21.7 Å². The van der Waals surface area contributed by atoms with Crippen LogP contribution in [0, 0.1) is 5.92 Å². The van der Waals surface area contributed by atoms with Gasteiger partial charge in [0, 0.05) is 18.7 Å². The van der Waals surface area contributed by atoms with E-state index in [9.17, 15) is 9.59 Å². The lowest BCUT2D eigenvalue weighted by Crippen LogP contribution is -2.37. The van der Waals surface area contributed by atoms with Crippen molar-refractivity contribution in [1.82, 2.24) is 16.0 Å². The van der Waals surface area contributed by atoms with Gasteiger partial charge in [-0.25, -0.2) is 4.99 Å². The molecule has 0 bridgehead atoms. The minimum Gasteiger partial charge on any atom is -0.368 e. The van der Waals surface area contributed by atoms with E-state index in [4.69, 9.17) is 5.73 Å². The lowest BCUT2D eigenvalue weighted by Gasteiger charge is -2.13. The maximum atomic E-state index is 11.9. The van der Waals surface area contributed by atoms with Crippen molar-refractivity contribution < 1.29 is 9.59 Å². The molecule has 5 N–H and O–H groups in total. The van der Waals surface area contributed by atoms with Crippen LogP contribution in [0.25, 0.3) is 0 Å². The molecule has 29 heavy (non-hydrogen) atoms. The van der Waals surface area contributed by atoms with E-state index >= 15 is 0 Å². The lowest BCUT2D eigenvalue weighted by atomic mass is 10.0. The molecule has 0 spiro atoms. The van der Waals surface area contributed by atoms with Crippen LogP contribution in [-0.4, -0.2) is 37.4 Å². The van der Waals surface area contributed by atoms with Gasteiger partial charge in [-0.15, -0.1) is 24.0 Å².